The van der Waals surface area contributed by atoms with E-state index in [1.807, 2.05) is 49.4 Å². The summed E-state index contributed by atoms with van der Waals surface area (Å²) in [6, 6.07) is 13.5. The van der Waals surface area contributed by atoms with Gasteiger partial charge in [0.1, 0.15) is 5.75 Å². The molecule has 0 saturated heterocycles. The molecule has 3 aromatic rings. The average molecular weight is 366 g/mol. The molecule has 0 aliphatic heterocycles. The van der Waals surface area contributed by atoms with Crippen LogP contribution in [0.3, 0.4) is 0 Å². The number of carbonyl (C=O) groups is 1. The second-order valence-electron chi connectivity index (χ2n) is 6.85. The molecule has 1 aromatic heterocycles. The van der Waals surface area contributed by atoms with Crippen LogP contribution >= 0.6 is 11.3 Å². The van der Waals surface area contributed by atoms with E-state index in [9.17, 15) is 4.79 Å². The van der Waals surface area contributed by atoms with Gasteiger partial charge in [0.05, 0.1) is 16.3 Å². The van der Waals surface area contributed by atoms with Gasteiger partial charge in [-0.3, -0.25) is 10.1 Å². The molecule has 5 heteroatoms. The number of rotatable bonds is 4. The molecule has 0 unspecified atom stereocenters. The second-order valence-corrected chi connectivity index (χ2v) is 7.88. The lowest BCUT2D eigenvalue weighted by Gasteiger charge is -2.22. The van der Waals surface area contributed by atoms with Crippen LogP contribution in [-0.2, 0) is 0 Å². The van der Waals surface area contributed by atoms with Crippen molar-refractivity contribution in [3.05, 3.63) is 53.6 Å². The summed E-state index contributed by atoms with van der Waals surface area (Å²) in [6.45, 7) is 2.00. The van der Waals surface area contributed by atoms with Crippen LogP contribution in [0.15, 0.2) is 42.5 Å². The van der Waals surface area contributed by atoms with Crippen molar-refractivity contribution < 1.29 is 9.53 Å². The number of ether oxygens (including phenoxy) is 1. The van der Waals surface area contributed by atoms with Crippen LogP contribution in [0.2, 0.25) is 0 Å². The van der Waals surface area contributed by atoms with E-state index < -0.39 is 0 Å². The van der Waals surface area contributed by atoms with E-state index in [0.717, 1.165) is 34.4 Å². The molecule has 1 fully saturated rings. The quantitative estimate of drug-likeness (QED) is 0.657. The summed E-state index contributed by atoms with van der Waals surface area (Å²) in [6.07, 6.45) is 6.40. The molecule has 26 heavy (non-hydrogen) atoms. The molecule has 1 amide bonds. The predicted octanol–water partition coefficient (Wildman–Crippen LogP) is 5.57. The molecule has 1 aliphatic carbocycles. The van der Waals surface area contributed by atoms with Crippen molar-refractivity contribution in [2.75, 3.05) is 5.32 Å². The highest BCUT2D eigenvalue weighted by molar-refractivity contribution is 7.22. The van der Waals surface area contributed by atoms with E-state index in [0.29, 0.717) is 16.8 Å². The zero-order valence-electron chi connectivity index (χ0n) is 14.8. The van der Waals surface area contributed by atoms with Gasteiger partial charge in [0, 0.05) is 11.6 Å². The number of fused-ring (bicyclic) bond motifs is 1. The molecule has 1 saturated carbocycles. The standard InChI is InChI=1S/C21H22N2O2S/c1-14-7-9-15(10-8-14)20(24)23-21-22-18-13-17(11-12-19(18)26-21)25-16-5-3-2-4-6-16/h7-13,16H,2-6H2,1H3,(H,22,23,24). The minimum atomic E-state index is -0.136. The molecule has 0 spiro atoms. The zero-order chi connectivity index (χ0) is 17.9. The third-order valence-electron chi connectivity index (χ3n) is 4.75. The summed E-state index contributed by atoms with van der Waals surface area (Å²) in [5.74, 6) is 0.730. The van der Waals surface area contributed by atoms with Crippen LogP contribution in [0.5, 0.6) is 5.75 Å². The van der Waals surface area contributed by atoms with Crippen LogP contribution < -0.4 is 10.1 Å². The van der Waals surface area contributed by atoms with Crippen molar-refractivity contribution in [2.24, 2.45) is 0 Å². The molecule has 0 radical (unpaired) electrons. The van der Waals surface area contributed by atoms with Gasteiger partial charge >= 0.3 is 0 Å². The van der Waals surface area contributed by atoms with E-state index in [2.05, 4.69) is 10.3 Å². The molecule has 1 heterocycles. The van der Waals surface area contributed by atoms with E-state index in [1.165, 1.54) is 30.6 Å². The number of nitrogens with one attached hydrogen (secondary N) is 1. The SMILES string of the molecule is Cc1ccc(C(=O)Nc2nc3cc(OC4CCCCC4)ccc3s2)cc1. The van der Waals surface area contributed by atoms with Gasteiger partial charge in [-0.2, -0.15) is 0 Å². The lowest BCUT2D eigenvalue weighted by molar-refractivity contribution is 0.102. The molecule has 2 aromatic carbocycles. The van der Waals surface area contributed by atoms with Gasteiger partial charge in [-0.25, -0.2) is 4.98 Å². The number of carbonyl (C=O) groups excluding carboxylic acids is 1. The number of aryl methyl sites for hydroxylation is 1. The molecule has 4 rings (SSSR count). The van der Waals surface area contributed by atoms with Crippen LogP contribution in [0.1, 0.15) is 48.0 Å². The van der Waals surface area contributed by atoms with E-state index in [-0.39, 0.29) is 5.91 Å². The van der Waals surface area contributed by atoms with Gasteiger partial charge in [-0.05, 0) is 56.9 Å². The Labute approximate surface area is 157 Å². The number of aromatic nitrogens is 1. The summed E-state index contributed by atoms with van der Waals surface area (Å²) >= 11 is 1.48. The first-order chi connectivity index (χ1) is 12.7. The topological polar surface area (TPSA) is 51.2 Å². The highest BCUT2D eigenvalue weighted by Gasteiger charge is 2.16. The van der Waals surface area contributed by atoms with Crippen molar-refractivity contribution in [2.45, 2.75) is 45.1 Å². The van der Waals surface area contributed by atoms with Gasteiger partial charge in [0.25, 0.3) is 5.91 Å². The fraction of sp³-hybridized carbons (Fsp3) is 0.333. The number of hydrogen-bond acceptors (Lipinski definition) is 4. The number of anilines is 1. The Bertz CT molecular complexity index is 911. The smallest absolute Gasteiger partial charge is 0.257 e. The van der Waals surface area contributed by atoms with E-state index >= 15 is 0 Å². The third-order valence-corrected chi connectivity index (χ3v) is 5.70. The largest absolute Gasteiger partial charge is 0.490 e. The molecular weight excluding hydrogens is 344 g/mol. The average Bonchev–Trinajstić information content (AvgIpc) is 3.04. The zero-order valence-corrected chi connectivity index (χ0v) is 15.6. The first-order valence-electron chi connectivity index (χ1n) is 9.13. The highest BCUT2D eigenvalue weighted by atomic mass is 32.1. The van der Waals surface area contributed by atoms with Crippen LogP contribution in [0.4, 0.5) is 5.13 Å². The van der Waals surface area contributed by atoms with Crippen molar-refractivity contribution in [3.8, 4) is 5.75 Å². The van der Waals surface area contributed by atoms with Crippen LogP contribution in [-0.4, -0.2) is 17.0 Å². The van der Waals surface area contributed by atoms with E-state index in [1.54, 1.807) is 0 Å². The number of nitrogens with zero attached hydrogens (tertiary/aromatic N) is 1. The molecule has 134 valence electrons. The maximum absolute atomic E-state index is 12.4. The fourth-order valence-corrected chi connectivity index (χ4v) is 4.12. The minimum Gasteiger partial charge on any atom is -0.490 e. The first kappa shape index (κ1) is 17.0. The predicted molar refractivity (Wildman–Crippen MR) is 106 cm³/mol. The van der Waals surface area contributed by atoms with Crippen molar-refractivity contribution in [3.63, 3.8) is 0 Å². The maximum atomic E-state index is 12.4. The van der Waals surface area contributed by atoms with Crippen molar-refractivity contribution in [1.29, 1.82) is 0 Å². The van der Waals surface area contributed by atoms with Crippen LogP contribution in [0, 0.1) is 6.92 Å². The monoisotopic (exact) mass is 366 g/mol. The van der Waals surface area contributed by atoms with Crippen molar-refractivity contribution >= 4 is 32.6 Å². The lowest BCUT2D eigenvalue weighted by atomic mass is 9.98. The molecule has 0 bridgehead atoms. The Kier molecular flexibility index (Phi) is 4.89. The number of amides is 1. The fourth-order valence-electron chi connectivity index (χ4n) is 3.28. The van der Waals surface area contributed by atoms with Gasteiger partial charge in [0.2, 0.25) is 0 Å². The Morgan fingerprint density at radius 2 is 1.88 bits per heavy atom. The van der Waals surface area contributed by atoms with E-state index in [4.69, 9.17) is 4.74 Å². The first-order valence-corrected chi connectivity index (χ1v) is 9.94. The maximum Gasteiger partial charge on any atom is 0.257 e. The van der Waals surface area contributed by atoms with Gasteiger partial charge in [-0.15, -0.1) is 0 Å². The molecule has 1 aliphatic rings. The van der Waals surface area contributed by atoms with Gasteiger partial charge in [-0.1, -0.05) is 35.5 Å². The Morgan fingerprint density at radius 1 is 1.12 bits per heavy atom. The Balaban J connectivity index is 1.48. The summed E-state index contributed by atoms with van der Waals surface area (Å²) in [4.78, 5) is 16.9. The summed E-state index contributed by atoms with van der Waals surface area (Å²) < 4.78 is 7.15. The van der Waals surface area contributed by atoms with Gasteiger partial charge < -0.3 is 4.74 Å². The third kappa shape index (κ3) is 3.88. The number of benzene rings is 2. The molecule has 1 N–H and O–H groups in total. The highest BCUT2D eigenvalue weighted by Crippen LogP contribution is 2.31. The summed E-state index contributed by atoms with van der Waals surface area (Å²) in [7, 11) is 0. The number of thiazole rings is 1. The summed E-state index contributed by atoms with van der Waals surface area (Å²) in [5.41, 5.74) is 2.63. The lowest BCUT2D eigenvalue weighted by Crippen LogP contribution is -2.19. The van der Waals surface area contributed by atoms with Gasteiger partial charge in [0.15, 0.2) is 5.13 Å². The van der Waals surface area contributed by atoms with Crippen molar-refractivity contribution in [1.82, 2.24) is 4.98 Å². The molecule has 0 atom stereocenters. The van der Waals surface area contributed by atoms with Crippen LogP contribution in [0.25, 0.3) is 10.2 Å². The normalized spacial score (nSPS) is 15.1. The second kappa shape index (κ2) is 7.46. The Morgan fingerprint density at radius 3 is 2.65 bits per heavy atom. The Hall–Kier alpha value is -2.40. The molecular formula is C21H22N2O2S. The molecule has 4 nitrogen and oxygen atoms in total. The number of hydrogen-bond donors (Lipinski definition) is 1. The minimum absolute atomic E-state index is 0.136. The summed E-state index contributed by atoms with van der Waals surface area (Å²) in [5, 5.41) is 3.51.